The quantitative estimate of drug-likeness (QED) is 0.584. The summed E-state index contributed by atoms with van der Waals surface area (Å²) in [6.07, 6.45) is 2.15. The van der Waals surface area contributed by atoms with E-state index < -0.39 is 5.97 Å². The first-order valence-electron chi connectivity index (χ1n) is 7.63. The number of carbonyl (C=O) groups excluding carboxylic acids is 1. The van der Waals surface area contributed by atoms with Crippen molar-refractivity contribution in [1.29, 1.82) is 0 Å². The van der Waals surface area contributed by atoms with Crippen molar-refractivity contribution >= 4 is 12.0 Å². The molecule has 0 aromatic rings. The number of hydrogen-bond acceptors (Lipinski definition) is 4. The summed E-state index contributed by atoms with van der Waals surface area (Å²) in [7, 11) is 0. The standard InChI is InChI=1S/C14H27N3O4/c1-12(13(19)20)4-2-5-15-14(21)17-7-3-6-16(8-9-17)10-11-18/h12,18H,2-11H2,1H3,(H,15,21)(H,19,20). The molecule has 21 heavy (non-hydrogen) atoms. The molecule has 7 nitrogen and oxygen atoms in total. The first-order chi connectivity index (χ1) is 10.0. The van der Waals surface area contributed by atoms with E-state index >= 15 is 0 Å². The fraction of sp³-hybridized carbons (Fsp3) is 0.857. The van der Waals surface area contributed by atoms with E-state index in [2.05, 4.69) is 10.2 Å². The van der Waals surface area contributed by atoms with Gasteiger partial charge in [0.15, 0.2) is 0 Å². The van der Waals surface area contributed by atoms with E-state index in [-0.39, 0.29) is 18.6 Å². The van der Waals surface area contributed by atoms with Crippen LogP contribution in [0.15, 0.2) is 0 Å². The second kappa shape index (κ2) is 9.57. The van der Waals surface area contributed by atoms with Gasteiger partial charge in [-0.1, -0.05) is 6.92 Å². The molecular weight excluding hydrogens is 274 g/mol. The van der Waals surface area contributed by atoms with Crippen molar-refractivity contribution in [2.24, 2.45) is 5.92 Å². The molecule has 2 amide bonds. The third-order valence-electron chi connectivity index (χ3n) is 3.80. The second-order valence-electron chi connectivity index (χ2n) is 5.52. The molecule has 122 valence electrons. The molecule has 1 aliphatic rings. The van der Waals surface area contributed by atoms with Gasteiger partial charge in [-0.25, -0.2) is 4.79 Å². The summed E-state index contributed by atoms with van der Waals surface area (Å²) in [4.78, 5) is 26.6. The number of nitrogens with one attached hydrogen (secondary N) is 1. The number of carboxylic acids is 1. The highest BCUT2D eigenvalue weighted by molar-refractivity contribution is 5.74. The van der Waals surface area contributed by atoms with Gasteiger partial charge in [-0.15, -0.1) is 0 Å². The Balaban J connectivity index is 2.21. The van der Waals surface area contributed by atoms with Crippen LogP contribution in [-0.2, 0) is 4.79 Å². The van der Waals surface area contributed by atoms with E-state index in [0.717, 1.165) is 26.1 Å². The Bertz CT molecular complexity index is 338. The fourth-order valence-corrected chi connectivity index (χ4v) is 2.38. The number of aliphatic hydroxyl groups excluding tert-OH is 1. The third-order valence-corrected chi connectivity index (χ3v) is 3.80. The van der Waals surface area contributed by atoms with Crippen LogP contribution in [0.5, 0.6) is 0 Å². The van der Waals surface area contributed by atoms with Gasteiger partial charge in [-0.05, 0) is 25.8 Å². The normalized spacial score (nSPS) is 18.1. The second-order valence-corrected chi connectivity index (χ2v) is 5.52. The Morgan fingerprint density at radius 3 is 2.67 bits per heavy atom. The molecule has 1 fully saturated rings. The fourth-order valence-electron chi connectivity index (χ4n) is 2.38. The topological polar surface area (TPSA) is 93.1 Å². The number of β-amino-alcohol motifs (C(OH)–C–C–N with tert-alkyl or cyclic N) is 1. The molecule has 1 saturated heterocycles. The minimum Gasteiger partial charge on any atom is -0.481 e. The van der Waals surface area contributed by atoms with Crippen LogP contribution >= 0.6 is 0 Å². The van der Waals surface area contributed by atoms with Crippen LogP contribution in [0.2, 0.25) is 0 Å². The van der Waals surface area contributed by atoms with Gasteiger partial charge in [0.05, 0.1) is 12.5 Å². The van der Waals surface area contributed by atoms with E-state index in [4.69, 9.17) is 10.2 Å². The van der Waals surface area contributed by atoms with Crippen molar-refractivity contribution < 1.29 is 19.8 Å². The SMILES string of the molecule is CC(CCCNC(=O)N1CCCN(CCO)CC1)C(=O)O. The van der Waals surface area contributed by atoms with Gasteiger partial charge < -0.3 is 20.4 Å². The minimum absolute atomic E-state index is 0.0798. The monoisotopic (exact) mass is 301 g/mol. The van der Waals surface area contributed by atoms with Crippen LogP contribution in [0.25, 0.3) is 0 Å². The molecule has 0 bridgehead atoms. The predicted octanol–water partition coefficient (Wildman–Crippen LogP) is 0.197. The molecule has 0 aromatic carbocycles. The largest absolute Gasteiger partial charge is 0.481 e. The maximum atomic E-state index is 12.0. The average Bonchev–Trinajstić information content (AvgIpc) is 2.69. The van der Waals surface area contributed by atoms with Gasteiger partial charge in [0.25, 0.3) is 0 Å². The lowest BCUT2D eigenvalue weighted by atomic mass is 10.1. The van der Waals surface area contributed by atoms with Crippen LogP contribution in [-0.4, -0.2) is 77.9 Å². The first-order valence-corrected chi connectivity index (χ1v) is 7.63. The minimum atomic E-state index is -0.794. The van der Waals surface area contributed by atoms with Gasteiger partial charge in [-0.3, -0.25) is 9.69 Å². The molecule has 0 aliphatic carbocycles. The lowest BCUT2D eigenvalue weighted by Gasteiger charge is -2.22. The average molecular weight is 301 g/mol. The molecule has 1 atom stereocenters. The predicted molar refractivity (Wildman–Crippen MR) is 79.1 cm³/mol. The van der Waals surface area contributed by atoms with Crippen molar-refractivity contribution in [3.05, 3.63) is 0 Å². The number of carboxylic acid groups (broad SMARTS) is 1. The van der Waals surface area contributed by atoms with E-state index in [1.807, 2.05) is 0 Å². The molecule has 7 heteroatoms. The molecule has 1 aliphatic heterocycles. The zero-order chi connectivity index (χ0) is 15.7. The molecule has 0 spiro atoms. The Kier molecular flexibility index (Phi) is 8.07. The Morgan fingerprint density at radius 1 is 1.24 bits per heavy atom. The van der Waals surface area contributed by atoms with Crippen molar-refractivity contribution in [3.63, 3.8) is 0 Å². The van der Waals surface area contributed by atoms with Gasteiger partial charge in [0, 0.05) is 32.7 Å². The molecule has 0 radical (unpaired) electrons. The Labute approximate surface area is 125 Å². The number of rotatable bonds is 7. The molecular formula is C14H27N3O4. The Hall–Kier alpha value is -1.34. The summed E-state index contributed by atoms with van der Waals surface area (Å²) in [5.74, 6) is -1.16. The van der Waals surface area contributed by atoms with Crippen molar-refractivity contribution in [1.82, 2.24) is 15.1 Å². The van der Waals surface area contributed by atoms with Gasteiger partial charge in [-0.2, -0.15) is 0 Å². The van der Waals surface area contributed by atoms with Crippen molar-refractivity contribution in [2.45, 2.75) is 26.2 Å². The molecule has 1 heterocycles. The first kappa shape index (κ1) is 17.7. The van der Waals surface area contributed by atoms with E-state index in [1.165, 1.54) is 0 Å². The van der Waals surface area contributed by atoms with E-state index in [9.17, 15) is 9.59 Å². The van der Waals surface area contributed by atoms with Crippen LogP contribution in [0.1, 0.15) is 26.2 Å². The summed E-state index contributed by atoms with van der Waals surface area (Å²) in [6, 6.07) is -0.0798. The Morgan fingerprint density at radius 2 is 2.00 bits per heavy atom. The highest BCUT2D eigenvalue weighted by atomic mass is 16.4. The lowest BCUT2D eigenvalue weighted by Crippen LogP contribution is -2.42. The molecule has 0 saturated carbocycles. The van der Waals surface area contributed by atoms with E-state index in [0.29, 0.717) is 32.5 Å². The number of hydrogen-bond donors (Lipinski definition) is 3. The summed E-state index contributed by atoms with van der Waals surface area (Å²) < 4.78 is 0. The molecule has 1 unspecified atom stereocenters. The molecule has 1 rings (SSSR count). The summed E-state index contributed by atoms with van der Waals surface area (Å²) in [6.45, 7) is 6.06. The summed E-state index contributed by atoms with van der Waals surface area (Å²) in [5, 5.41) is 20.6. The zero-order valence-corrected chi connectivity index (χ0v) is 12.8. The lowest BCUT2D eigenvalue weighted by molar-refractivity contribution is -0.141. The van der Waals surface area contributed by atoms with Crippen LogP contribution < -0.4 is 5.32 Å². The van der Waals surface area contributed by atoms with Gasteiger partial charge in [0.2, 0.25) is 0 Å². The van der Waals surface area contributed by atoms with Crippen LogP contribution in [0.4, 0.5) is 4.79 Å². The van der Waals surface area contributed by atoms with Crippen molar-refractivity contribution in [3.8, 4) is 0 Å². The van der Waals surface area contributed by atoms with Crippen LogP contribution in [0, 0.1) is 5.92 Å². The molecule has 3 N–H and O–H groups in total. The number of aliphatic carboxylic acids is 1. The third kappa shape index (κ3) is 6.77. The smallest absolute Gasteiger partial charge is 0.317 e. The van der Waals surface area contributed by atoms with Crippen LogP contribution in [0.3, 0.4) is 0 Å². The number of aliphatic hydroxyl groups is 1. The summed E-state index contributed by atoms with van der Waals surface area (Å²) in [5.41, 5.74) is 0. The van der Waals surface area contributed by atoms with Gasteiger partial charge in [0.1, 0.15) is 0 Å². The van der Waals surface area contributed by atoms with Gasteiger partial charge >= 0.3 is 12.0 Å². The maximum Gasteiger partial charge on any atom is 0.317 e. The highest BCUT2D eigenvalue weighted by Crippen LogP contribution is 2.05. The zero-order valence-electron chi connectivity index (χ0n) is 12.8. The number of carbonyl (C=O) groups is 2. The highest BCUT2D eigenvalue weighted by Gasteiger charge is 2.18. The number of amides is 2. The molecule has 0 aromatic heterocycles. The number of urea groups is 1. The maximum absolute atomic E-state index is 12.0. The summed E-state index contributed by atoms with van der Waals surface area (Å²) >= 11 is 0. The number of nitrogens with zero attached hydrogens (tertiary/aromatic N) is 2. The van der Waals surface area contributed by atoms with E-state index in [1.54, 1.807) is 11.8 Å². The van der Waals surface area contributed by atoms with Crippen molar-refractivity contribution in [2.75, 3.05) is 45.9 Å².